The van der Waals surface area contributed by atoms with Gasteiger partial charge in [0.05, 0.1) is 7.11 Å². The Balaban J connectivity index is 1.72. The van der Waals surface area contributed by atoms with E-state index in [0.717, 1.165) is 29.2 Å². The molecular formula is C18H23NO2. The molecule has 1 aromatic rings. The molecular weight excluding hydrogens is 262 g/mol. The number of hydrogen-bond acceptors (Lipinski definition) is 2. The molecule has 0 heterocycles. The molecule has 3 rings (SSSR count). The first-order valence-electron chi connectivity index (χ1n) is 7.80. The van der Waals surface area contributed by atoms with E-state index in [1.54, 1.807) is 7.11 Å². The van der Waals surface area contributed by atoms with Gasteiger partial charge in [0.2, 0.25) is 0 Å². The van der Waals surface area contributed by atoms with E-state index in [9.17, 15) is 4.79 Å². The molecule has 2 saturated carbocycles. The van der Waals surface area contributed by atoms with Crippen LogP contribution in [0.1, 0.15) is 41.6 Å². The SMILES string of the molecule is C=CCc1cc(C(=O)N[C@@H]2C[C@H]3CC[C@@H]2C3)ccc1OC. The number of hydrogen-bond donors (Lipinski definition) is 1. The number of allylic oxidation sites excluding steroid dienone is 1. The first-order valence-corrected chi connectivity index (χ1v) is 7.80. The maximum atomic E-state index is 12.5. The molecule has 1 amide bonds. The molecule has 2 aliphatic rings. The number of rotatable bonds is 5. The highest BCUT2D eigenvalue weighted by atomic mass is 16.5. The smallest absolute Gasteiger partial charge is 0.251 e. The van der Waals surface area contributed by atoms with Crippen LogP contribution in [0.4, 0.5) is 0 Å². The lowest BCUT2D eigenvalue weighted by atomic mass is 9.95. The van der Waals surface area contributed by atoms with Crippen LogP contribution in [0.25, 0.3) is 0 Å². The third-order valence-electron chi connectivity index (χ3n) is 4.96. The largest absolute Gasteiger partial charge is 0.496 e. The van der Waals surface area contributed by atoms with Crippen molar-refractivity contribution in [3.63, 3.8) is 0 Å². The highest BCUT2D eigenvalue weighted by Gasteiger charge is 2.40. The summed E-state index contributed by atoms with van der Waals surface area (Å²) in [5.74, 6) is 2.39. The third-order valence-corrected chi connectivity index (χ3v) is 4.96. The molecule has 0 aliphatic heterocycles. The van der Waals surface area contributed by atoms with Gasteiger partial charge in [0.1, 0.15) is 5.75 Å². The van der Waals surface area contributed by atoms with E-state index in [-0.39, 0.29) is 5.91 Å². The van der Waals surface area contributed by atoms with Gasteiger partial charge in [0, 0.05) is 11.6 Å². The van der Waals surface area contributed by atoms with Crippen molar-refractivity contribution in [2.24, 2.45) is 11.8 Å². The third kappa shape index (κ3) is 2.82. The molecule has 3 nitrogen and oxygen atoms in total. The Hall–Kier alpha value is -1.77. The molecule has 0 saturated heterocycles. The van der Waals surface area contributed by atoms with Gasteiger partial charge in [0.15, 0.2) is 0 Å². The van der Waals surface area contributed by atoms with Gasteiger partial charge in [-0.1, -0.05) is 12.5 Å². The predicted molar refractivity (Wildman–Crippen MR) is 83.6 cm³/mol. The Bertz CT molecular complexity index is 552. The number of amides is 1. The van der Waals surface area contributed by atoms with E-state index in [4.69, 9.17) is 4.74 Å². The van der Waals surface area contributed by atoms with Gasteiger partial charge in [-0.25, -0.2) is 0 Å². The molecule has 0 radical (unpaired) electrons. The first kappa shape index (κ1) is 14.2. The number of carbonyl (C=O) groups is 1. The van der Waals surface area contributed by atoms with Crippen molar-refractivity contribution in [2.45, 2.75) is 38.1 Å². The molecule has 1 aromatic carbocycles. The van der Waals surface area contributed by atoms with Crippen molar-refractivity contribution in [1.29, 1.82) is 0 Å². The topological polar surface area (TPSA) is 38.3 Å². The van der Waals surface area contributed by atoms with Crippen LogP contribution in [-0.4, -0.2) is 19.1 Å². The Morgan fingerprint density at radius 3 is 2.90 bits per heavy atom. The lowest BCUT2D eigenvalue weighted by Crippen LogP contribution is -2.38. The second-order valence-corrected chi connectivity index (χ2v) is 6.27. The van der Waals surface area contributed by atoms with E-state index < -0.39 is 0 Å². The minimum atomic E-state index is 0.0421. The summed E-state index contributed by atoms with van der Waals surface area (Å²) < 4.78 is 5.33. The summed E-state index contributed by atoms with van der Waals surface area (Å²) in [6.07, 6.45) is 7.62. The normalized spacial score (nSPS) is 26.6. The molecule has 2 fully saturated rings. The van der Waals surface area contributed by atoms with Gasteiger partial charge < -0.3 is 10.1 Å². The van der Waals surface area contributed by atoms with Gasteiger partial charge in [0.25, 0.3) is 5.91 Å². The Labute approximate surface area is 126 Å². The highest BCUT2D eigenvalue weighted by molar-refractivity contribution is 5.94. The van der Waals surface area contributed by atoms with Crippen molar-refractivity contribution in [1.82, 2.24) is 5.32 Å². The van der Waals surface area contributed by atoms with E-state index in [0.29, 0.717) is 18.4 Å². The fourth-order valence-corrected chi connectivity index (χ4v) is 3.91. The number of ether oxygens (including phenoxy) is 1. The second kappa shape index (κ2) is 5.92. The summed E-state index contributed by atoms with van der Waals surface area (Å²) >= 11 is 0. The first-order chi connectivity index (χ1) is 10.2. The average molecular weight is 285 g/mol. The average Bonchev–Trinajstić information content (AvgIpc) is 3.10. The van der Waals surface area contributed by atoms with Crippen molar-refractivity contribution in [2.75, 3.05) is 7.11 Å². The molecule has 2 bridgehead atoms. The summed E-state index contributed by atoms with van der Waals surface area (Å²) in [7, 11) is 1.65. The minimum Gasteiger partial charge on any atom is -0.496 e. The maximum Gasteiger partial charge on any atom is 0.251 e. The molecule has 2 aliphatic carbocycles. The summed E-state index contributed by atoms with van der Waals surface area (Å²) in [5.41, 5.74) is 1.73. The number of benzene rings is 1. The van der Waals surface area contributed by atoms with E-state index >= 15 is 0 Å². The van der Waals surface area contributed by atoms with E-state index in [2.05, 4.69) is 11.9 Å². The van der Waals surface area contributed by atoms with Crippen LogP contribution in [0.3, 0.4) is 0 Å². The Kier molecular flexibility index (Phi) is 4.00. The fourth-order valence-electron chi connectivity index (χ4n) is 3.91. The van der Waals surface area contributed by atoms with Gasteiger partial charge >= 0.3 is 0 Å². The van der Waals surface area contributed by atoms with Gasteiger partial charge in [-0.3, -0.25) is 4.79 Å². The zero-order valence-corrected chi connectivity index (χ0v) is 12.6. The predicted octanol–water partition coefficient (Wildman–Crippen LogP) is 3.34. The summed E-state index contributed by atoms with van der Waals surface area (Å²) in [6.45, 7) is 3.76. The molecule has 1 N–H and O–H groups in total. The number of nitrogens with one attached hydrogen (secondary N) is 1. The van der Waals surface area contributed by atoms with Gasteiger partial charge in [-0.2, -0.15) is 0 Å². The van der Waals surface area contributed by atoms with Gasteiger partial charge in [-0.15, -0.1) is 6.58 Å². The van der Waals surface area contributed by atoms with Crippen LogP contribution in [0.2, 0.25) is 0 Å². The van der Waals surface area contributed by atoms with E-state index in [1.807, 2.05) is 24.3 Å². The summed E-state index contributed by atoms with van der Waals surface area (Å²) in [5, 5.41) is 3.23. The molecule has 3 atom stereocenters. The molecule has 0 unspecified atom stereocenters. The molecule has 0 spiro atoms. The lowest BCUT2D eigenvalue weighted by molar-refractivity contribution is 0.0923. The monoisotopic (exact) mass is 285 g/mol. The van der Waals surface area contributed by atoms with Crippen molar-refractivity contribution in [3.8, 4) is 5.75 Å². The van der Waals surface area contributed by atoms with Gasteiger partial charge in [-0.05, 0) is 61.3 Å². The van der Waals surface area contributed by atoms with Crippen LogP contribution < -0.4 is 10.1 Å². The quantitative estimate of drug-likeness (QED) is 0.843. The van der Waals surface area contributed by atoms with Crippen LogP contribution in [0.15, 0.2) is 30.9 Å². The molecule has 0 aromatic heterocycles. The lowest BCUT2D eigenvalue weighted by Gasteiger charge is -2.23. The zero-order valence-electron chi connectivity index (χ0n) is 12.6. The Morgan fingerprint density at radius 1 is 1.43 bits per heavy atom. The highest BCUT2D eigenvalue weighted by Crippen LogP contribution is 2.44. The maximum absolute atomic E-state index is 12.5. The van der Waals surface area contributed by atoms with Crippen molar-refractivity contribution < 1.29 is 9.53 Å². The fraction of sp³-hybridized carbons (Fsp3) is 0.500. The summed E-state index contributed by atoms with van der Waals surface area (Å²) in [4.78, 5) is 12.5. The molecule has 112 valence electrons. The van der Waals surface area contributed by atoms with Crippen LogP contribution in [-0.2, 0) is 6.42 Å². The van der Waals surface area contributed by atoms with Crippen molar-refractivity contribution in [3.05, 3.63) is 42.0 Å². The molecule has 3 heteroatoms. The van der Waals surface area contributed by atoms with Crippen LogP contribution >= 0.6 is 0 Å². The Morgan fingerprint density at radius 2 is 2.29 bits per heavy atom. The van der Waals surface area contributed by atoms with Crippen molar-refractivity contribution >= 4 is 5.91 Å². The number of carbonyl (C=O) groups excluding carboxylic acids is 1. The van der Waals surface area contributed by atoms with Crippen LogP contribution in [0.5, 0.6) is 5.75 Å². The summed E-state index contributed by atoms with van der Waals surface area (Å²) in [6, 6.07) is 6.01. The number of fused-ring (bicyclic) bond motifs is 2. The minimum absolute atomic E-state index is 0.0421. The second-order valence-electron chi connectivity index (χ2n) is 6.27. The van der Waals surface area contributed by atoms with E-state index in [1.165, 1.54) is 19.3 Å². The van der Waals surface area contributed by atoms with Crippen LogP contribution in [0, 0.1) is 11.8 Å². The molecule has 21 heavy (non-hydrogen) atoms. The number of methoxy groups -OCH3 is 1. The standard InChI is InChI=1S/C18H23NO2/c1-3-4-14-11-15(7-8-17(14)21-2)18(20)19-16-10-12-5-6-13(16)9-12/h3,7-8,11-13,16H,1,4-6,9-10H2,2H3,(H,19,20)/t12-,13+,16+/m0/s1. The zero-order chi connectivity index (χ0) is 14.8.